The molecule has 1 rings (SSSR count). The molecular formula is C15H25ClN2. The molecule has 1 aromatic carbocycles. The minimum Gasteiger partial charge on any atom is -0.315 e. The Bertz CT molecular complexity index is 341. The molecule has 18 heavy (non-hydrogen) atoms. The van der Waals surface area contributed by atoms with E-state index in [-0.39, 0.29) is 0 Å². The van der Waals surface area contributed by atoms with E-state index in [0.29, 0.717) is 6.04 Å². The first kappa shape index (κ1) is 15.5. The summed E-state index contributed by atoms with van der Waals surface area (Å²) in [5.74, 6) is 0. The molecule has 0 aliphatic rings. The molecule has 0 fully saturated rings. The molecule has 1 N–H and O–H groups in total. The molecule has 102 valence electrons. The number of hydrogen-bond donors (Lipinski definition) is 1. The summed E-state index contributed by atoms with van der Waals surface area (Å²) >= 11 is 6.02. The van der Waals surface area contributed by atoms with Crippen molar-refractivity contribution in [2.45, 2.75) is 32.7 Å². The monoisotopic (exact) mass is 268 g/mol. The topological polar surface area (TPSA) is 15.3 Å². The van der Waals surface area contributed by atoms with Crippen molar-refractivity contribution in [2.24, 2.45) is 0 Å². The van der Waals surface area contributed by atoms with Crippen LogP contribution in [0.3, 0.4) is 0 Å². The summed E-state index contributed by atoms with van der Waals surface area (Å²) in [4.78, 5) is 2.35. The van der Waals surface area contributed by atoms with Gasteiger partial charge in [-0.1, -0.05) is 37.1 Å². The van der Waals surface area contributed by atoms with Crippen LogP contribution in [-0.4, -0.2) is 31.6 Å². The zero-order valence-corrected chi connectivity index (χ0v) is 12.5. The van der Waals surface area contributed by atoms with E-state index in [1.807, 2.05) is 18.2 Å². The highest BCUT2D eigenvalue weighted by atomic mass is 35.5. The van der Waals surface area contributed by atoms with Crippen LogP contribution in [0, 0.1) is 0 Å². The number of rotatable bonds is 8. The molecule has 3 heteroatoms. The number of nitrogens with one attached hydrogen (secondary N) is 1. The molecule has 2 nitrogen and oxygen atoms in total. The molecular weight excluding hydrogens is 244 g/mol. The van der Waals surface area contributed by atoms with Gasteiger partial charge in [0.25, 0.3) is 0 Å². The smallest absolute Gasteiger partial charge is 0.0409 e. The van der Waals surface area contributed by atoms with Crippen LogP contribution in [0.5, 0.6) is 0 Å². The normalized spacial score (nSPS) is 12.9. The van der Waals surface area contributed by atoms with Gasteiger partial charge in [0, 0.05) is 24.2 Å². The molecule has 0 bridgehead atoms. The molecule has 0 saturated carbocycles. The van der Waals surface area contributed by atoms with Crippen molar-refractivity contribution in [3.05, 3.63) is 34.9 Å². The summed E-state index contributed by atoms with van der Waals surface area (Å²) in [6, 6.07) is 8.52. The molecule has 1 atom stereocenters. The van der Waals surface area contributed by atoms with Gasteiger partial charge in [-0.2, -0.15) is 0 Å². The van der Waals surface area contributed by atoms with Gasteiger partial charge in [0.15, 0.2) is 0 Å². The fraction of sp³-hybridized carbons (Fsp3) is 0.600. The lowest BCUT2D eigenvalue weighted by molar-refractivity contribution is 0.261. The molecule has 0 saturated heterocycles. The van der Waals surface area contributed by atoms with Crippen molar-refractivity contribution < 1.29 is 0 Å². The maximum atomic E-state index is 6.02. The first-order chi connectivity index (χ1) is 8.65. The van der Waals surface area contributed by atoms with Gasteiger partial charge >= 0.3 is 0 Å². The number of benzene rings is 1. The molecule has 1 unspecified atom stereocenters. The maximum Gasteiger partial charge on any atom is 0.0409 e. The Kier molecular flexibility index (Phi) is 7.33. The van der Waals surface area contributed by atoms with Crippen LogP contribution in [-0.2, 0) is 0 Å². The van der Waals surface area contributed by atoms with Crippen molar-refractivity contribution in [1.82, 2.24) is 10.2 Å². The molecule has 0 radical (unpaired) electrons. The molecule has 1 aromatic rings. The molecule has 0 aliphatic heterocycles. The van der Waals surface area contributed by atoms with Gasteiger partial charge < -0.3 is 5.32 Å². The number of halogens is 1. The Labute approximate surface area is 116 Å². The summed E-state index contributed by atoms with van der Waals surface area (Å²) in [7, 11) is 2.16. The Hall–Kier alpha value is -0.570. The Morgan fingerprint density at radius 2 is 2.11 bits per heavy atom. The maximum absolute atomic E-state index is 6.02. The average molecular weight is 269 g/mol. The van der Waals surface area contributed by atoms with Crippen LogP contribution < -0.4 is 5.32 Å². The van der Waals surface area contributed by atoms with Crippen molar-refractivity contribution in [2.75, 3.05) is 26.7 Å². The van der Waals surface area contributed by atoms with Gasteiger partial charge in [-0.05, 0) is 44.6 Å². The first-order valence-electron chi connectivity index (χ1n) is 6.81. The largest absolute Gasteiger partial charge is 0.315 e. The number of hydrogen-bond acceptors (Lipinski definition) is 2. The Morgan fingerprint density at radius 3 is 2.78 bits per heavy atom. The van der Waals surface area contributed by atoms with Crippen LogP contribution >= 0.6 is 11.6 Å². The van der Waals surface area contributed by atoms with E-state index >= 15 is 0 Å². The van der Waals surface area contributed by atoms with Gasteiger partial charge in [0.05, 0.1) is 0 Å². The second kappa shape index (κ2) is 8.52. The van der Waals surface area contributed by atoms with Crippen molar-refractivity contribution in [3.63, 3.8) is 0 Å². The molecule has 0 aliphatic carbocycles. The highest BCUT2D eigenvalue weighted by molar-refractivity contribution is 6.30. The molecule has 0 amide bonds. The quantitative estimate of drug-likeness (QED) is 0.723. The van der Waals surface area contributed by atoms with Gasteiger partial charge in [0.1, 0.15) is 0 Å². The van der Waals surface area contributed by atoms with E-state index in [0.717, 1.165) is 24.7 Å². The zero-order valence-electron chi connectivity index (χ0n) is 11.7. The van der Waals surface area contributed by atoms with Crippen molar-refractivity contribution in [3.8, 4) is 0 Å². The minimum absolute atomic E-state index is 0.400. The Morgan fingerprint density at radius 1 is 1.33 bits per heavy atom. The highest BCUT2D eigenvalue weighted by Crippen LogP contribution is 2.21. The highest BCUT2D eigenvalue weighted by Gasteiger charge is 2.11. The SMILES string of the molecule is CCCCNCCN(C)C(C)c1cccc(Cl)c1. The molecule has 0 heterocycles. The molecule has 0 spiro atoms. The standard InChI is InChI=1S/C15H25ClN2/c1-4-5-9-17-10-11-18(3)13(2)14-7-6-8-15(16)12-14/h6-8,12-13,17H,4-5,9-11H2,1-3H3. The summed E-state index contributed by atoms with van der Waals surface area (Å²) in [6.07, 6.45) is 2.51. The third-order valence-corrected chi connectivity index (χ3v) is 3.58. The van der Waals surface area contributed by atoms with Gasteiger partial charge in [-0.25, -0.2) is 0 Å². The Balaban J connectivity index is 2.34. The van der Waals surface area contributed by atoms with Gasteiger partial charge in [0.2, 0.25) is 0 Å². The fourth-order valence-electron chi connectivity index (χ4n) is 1.90. The van der Waals surface area contributed by atoms with E-state index in [1.54, 1.807) is 0 Å². The second-order valence-corrected chi connectivity index (χ2v) is 5.25. The lowest BCUT2D eigenvalue weighted by atomic mass is 10.1. The summed E-state index contributed by atoms with van der Waals surface area (Å²) in [6.45, 7) is 7.65. The van der Waals surface area contributed by atoms with Crippen LogP contribution in [0.4, 0.5) is 0 Å². The van der Waals surface area contributed by atoms with E-state index in [1.165, 1.54) is 18.4 Å². The lowest BCUT2D eigenvalue weighted by Crippen LogP contribution is -2.31. The van der Waals surface area contributed by atoms with Crippen molar-refractivity contribution in [1.29, 1.82) is 0 Å². The second-order valence-electron chi connectivity index (χ2n) is 4.82. The average Bonchev–Trinajstić information content (AvgIpc) is 2.37. The van der Waals surface area contributed by atoms with Crippen molar-refractivity contribution >= 4 is 11.6 Å². The van der Waals surface area contributed by atoms with Crippen LogP contribution in [0.25, 0.3) is 0 Å². The van der Waals surface area contributed by atoms with Crippen LogP contribution in [0.1, 0.15) is 38.3 Å². The first-order valence-corrected chi connectivity index (χ1v) is 7.19. The number of nitrogens with zero attached hydrogens (tertiary/aromatic N) is 1. The minimum atomic E-state index is 0.400. The third kappa shape index (κ3) is 5.38. The van der Waals surface area contributed by atoms with E-state index in [4.69, 9.17) is 11.6 Å². The summed E-state index contributed by atoms with van der Waals surface area (Å²) in [5.41, 5.74) is 1.28. The number of unbranched alkanes of at least 4 members (excludes halogenated alkanes) is 1. The van der Waals surface area contributed by atoms with E-state index in [2.05, 4.69) is 37.2 Å². The summed E-state index contributed by atoms with van der Waals surface area (Å²) < 4.78 is 0. The van der Waals surface area contributed by atoms with Crippen LogP contribution in [0.15, 0.2) is 24.3 Å². The van der Waals surface area contributed by atoms with Gasteiger partial charge in [-0.15, -0.1) is 0 Å². The van der Waals surface area contributed by atoms with E-state index < -0.39 is 0 Å². The van der Waals surface area contributed by atoms with Gasteiger partial charge in [-0.3, -0.25) is 4.90 Å². The number of likely N-dealkylation sites (N-methyl/N-ethyl adjacent to an activating group) is 1. The molecule has 0 aromatic heterocycles. The zero-order chi connectivity index (χ0) is 13.4. The summed E-state index contributed by atoms with van der Waals surface area (Å²) in [5, 5.41) is 4.28. The fourth-order valence-corrected chi connectivity index (χ4v) is 2.10. The third-order valence-electron chi connectivity index (χ3n) is 3.34. The van der Waals surface area contributed by atoms with E-state index in [9.17, 15) is 0 Å². The van der Waals surface area contributed by atoms with Crippen LogP contribution in [0.2, 0.25) is 5.02 Å². The predicted octanol–water partition coefficient (Wildman–Crippen LogP) is 3.72. The lowest BCUT2D eigenvalue weighted by Gasteiger charge is -2.25. The predicted molar refractivity (Wildman–Crippen MR) is 80.3 cm³/mol.